The van der Waals surface area contributed by atoms with Gasteiger partial charge in [0.1, 0.15) is 0 Å². The third-order valence-electron chi connectivity index (χ3n) is 10.5. The van der Waals surface area contributed by atoms with Crippen LogP contribution in [0.15, 0.2) is 212 Å². The van der Waals surface area contributed by atoms with E-state index in [0.717, 1.165) is 17.1 Å². The smallest absolute Gasteiger partial charge is 0.0468 e. The van der Waals surface area contributed by atoms with Gasteiger partial charge < -0.3 is 4.90 Å². The van der Waals surface area contributed by atoms with E-state index in [1.165, 1.54) is 75.5 Å². The fourth-order valence-corrected chi connectivity index (χ4v) is 9.19. The van der Waals surface area contributed by atoms with Crippen LogP contribution in [0.25, 0.3) is 75.5 Å². The topological polar surface area (TPSA) is 3.24 Å². The molecule has 0 aliphatic carbocycles. The van der Waals surface area contributed by atoms with Crippen LogP contribution in [0.2, 0.25) is 0 Å². The lowest BCUT2D eigenvalue weighted by atomic mass is 9.93. The van der Waals surface area contributed by atoms with E-state index in [0.29, 0.717) is 0 Å². The summed E-state index contributed by atoms with van der Waals surface area (Å²) in [6.45, 7) is 0. The minimum absolute atomic E-state index is 1.10. The summed E-state index contributed by atoms with van der Waals surface area (Å²) in [5.41, 5.74) is 13.0. The molecule has 10 rings (SSSR count). The van der Waals surface area contributed by atoms with Crippen LogP contribution in [0, 0.1) is 0 Å². The van der Waals surface area contributed by atoms with Crippen molar-refractivity contribution in [1.82, 2.24) is 0 Å². The second kappa shape index (κ2) is 13.7. The van der Waals surface area contributed by atoms with E-state index < -0.39 is 0 Å². The van der Waals surface area contributed by atoms with E-state index >= 15 is 0 Å². The van der Waals surface area contributed by atoms with Crippen molar-refractivity contribution in [3.05, 3.63) is 212 Å². The lowest BCUT2D eigenvalue weighted by Gasteiger charge is -2.27. The standard InChI is InChI=1S/C52H35NS/c1-4-13-36(14-5-1)37-23-28-42(29-24-37)53(44-32-34-45(38-15-6-2-7-16-38)50(35-44)39-17-8-3-9-18-39)43-30-25-41(26-31-43)47-21-12-22-48-49-33-27-40-19-10-11-20-46(40)52(49)54-51(47)48/h1-35H. The van der Waals surface area contributed by atoms with Crippen LogP contribution in [-0.4, -0.2) is 0 Å². The molecule has 10 aromatic rings. The number of hydrogen-bond donors (Lipinski definition) is 0. The first-order valence-corrected chi connectivity index (χ1v) is 19.2. The van der Waals surface area contributed by atoms with Crippen LogP contribution in [0.4, 0.5) is 17.1 Å². The van der Waals surface area contributed by atoms with Crippen molar-refractivity contribution in [2.45, 2.75) is 0 Å². The van der Waals surface area contributed by atoms with Crippen molar-refractivity contribution in [1.29, 1.82) is 0 Å². The van der Waals surface area contributed by atoms with Crippen LogP contribution in [0.3, 0.4) is 0 Å². The van der Waals surface area contributed by atoms with Crippen molar-refractivity contribution in [2.75, 3.05) is 4.90 Å². The molecule has 0 saturated carbocycles. The number of anilines is 3. The van der Waals surface area contributed by atoms with Gasteiger partial charge in [-0.1, -0.05) is 176 Å². The summed E-state index contributed by atoms with van der Waals surface area (Å²) in [5.74, 6) is 0. The van der Waals surface area contributed by atoms with Crippen molar-refractivity contribution in [3.8, 4) is 44.5 Å². The normalized spacial score (nSPS) is 11.3. The van der Waals surface area contributed by atoms with E-state index in [4.69, 9.17) is 0 Å². The van der Waals surface area contributed by atoms with Crippen LogP contribution < -0.4 is 4.90 Å². The summed E-state index contributed by atoms with van der Waals surface area (Å²) in [4.78, 5) is 2.38. The highest BCUT2D eigenvalue weighted by molar-refractivity contribution is 7.27. The van der Waals surface area contributed by atoms with Gasteiger partial charge in [0.15, 0.2) is 0 Å². The molecule has 254 valence electrons. The van der Waals surface area contributed by atoms with Crippen molar-refractivity contribution in [2.24, 2.45) is 0 Å². The quantitative estimate of drug-likeness (QED) is 0.160. The van der Waals surface area contributed by atoms with E-state index in [-0.39, 0.29) is 0 Å². The van der Waals surface area contributed by atoms with Crippen molar-refractivity contribution >= 4 is 59.3 Å². The van der Waals surface area contributed by atoms with Gasteiger partial charge in [0.05, 0.1) is 0 Å². The van der Waals surface area contributed by atoms with E-state index in [1.807, 2.05) is 11.3 Å². The van der Waals surface area contributed by atoms with Gasteiger partial charge in [0.2, 0.25) is 0 Å². The van der Waals surface area contributed by atoms with Gasteiger partial charge in [-0.2, -0.15) is 0 Å². The zero-order valence-electron chi connectivity index (χ0n) is 29.6. The fraction of sp³-hybridized carbons (Fsp3) is 0. The zero-order valence-corrected chi connectivity index (χ0v) is 30.4. The van der Waals surface area contributed by atoms with Crippen molar-refractivity contribution in [3.63, 3.8) is 0 Å². The van der Waals surface area contributed by atoms with Gasteiger partial charge >= 0.3 is 0 Å². The maximum Gasteiger partial charge on any atom is 0.0468 e. The maximum atomic E-state index is 2.38. The number of thiophene rings is 1. The van der Waals surface area contributed by atoms with Gasteiger partial charge in [-0.05, 0) is 91.7 Å². The molecule has 2 heteroatoms. The molecule has 0 bridgehead atoms. The monoisotopic (exact) mass is 705 g/mol. The molecule has 54 heavy (non-hydrogen) atoms. The van der Waals surface area contributed by atoms with Gasteiger partial charge in [-0.3, -0.25) is 0 Å². The molecule has 1 heterocycles. The molecule has 0 atom stereocenters. The van der Waals surface area contributed by atoms with Crippen LogP contribution >= 0.6 is 11.3 Å². The second-order valence-electron chi connectivity index (χ2n) is 13.7. The zero-order chi connectivity index (χ0) is 35.8. The predicted molar refractivity (Wildman–Crippen MR) is 233 cm³/mol. The summed E-state index contributed by atoms with van der Waals surface area (Å²) < 4.78 is 2.68. The highest BCUT2D eigenvalue weighted by Crippen LogP contribution is 2.45. The third-order valence-corrected chi connectivity index (χ3v) is 11.8. The molecular weight excluding hydrogens is 671 g/mol. The number of nitrogens with zero attached hydrogens (tertiary/aromatic N) is 1. The maximum absolute atomic E-state index is 2.38. The van der Waals surface area contributed by atoms with Crippen LogP contribution in [0.1, 0.15) is 0 Å². The average Bonchev–Trinajstić information content (AvgIpc) is 3.65. The predicted octanol–water partition coefficient (Wildman–Crippen LogP) is 15.3. The lowest BCUT2D eigenvalue weighted by molar-refractivity contribution is 1.28. The highest BCUT2D eigenvalue weighted by atomic mass is 32.1. The molecule has 0 N–H and O–H groups in total. The number of benzene rings is 9. The highest BCUT2D eigenvalue weighted by Gasteiger charge is 2.18. The molecule has 0 unspecified atom stereocenters. The fourth-order valence-electron chi connectivity index (χ4n) is 7.82. The molecule has 0 radical (unpaired) electrons. The molecule has 0 spiro atoms. The number of fused-ring (bicyclic) bond motifs is 5. The summed E-state index contributed by atoms with van der Waals surface area (Å²) in [5, 5.41) is 5.24. The molecule has 0 aliphatic rings. The SMILES string of the molecule is c1ccc(-c2ccc(N(c3ccc(-c4cccc5c4sc4c6ccccc6ccc54)cc3)c3ccc(-c4ccccc4)c(-c4ccccc4)c3)cc2)cc1. The first-order valence-electron chi connectivity index (χ1n) is 18.4. The van der Waals surface area contributed by atoms with Gasteiger partial charge in [0.25, 0.3) is 0 Å². The molecule has 0 aliphatic heterocycles. The Morgan fingerprint density at radius 2 is 0.778 bits per heavy atom. The summed E-state index contributed by atoms with van der Waals surface area (Å²) >= 11 is 1.90. The Hall–Kier alpha value is -6.74. The van der Waals surface area contributed by atoms with Crippen LogP contribution in [-0.2, 0) is 0 Å². The summed E-state index contributed by atoms with van der Waals surface area (Å²) in [6, 6.07) is 77.0. The van der Waals surface area contributed by atoms with E-state index in [2.05, 4.69) is 217 Å². The third kappa shape index (κ3) is 5.74. The van der Waals surface area contributed by atoms with E-state index in [9.17, 15) is 0 Å². The van der Waals surface area contributed by atoms with Crippen LogP contribution in [0.5, 0.6) is 0 Å². The Kier molecular flexibility index (Phi) is 8.09. The average molecular weight is 706 g/mol. The molecule has 1 aromatic heterocycles. The Bertz CT molecular complexity index is 2890. The number of hydrogen-bond acceptors (Lipinski definition) is 2. The summed E-state index contributed by atoms with van der Waals surface area (Å²) in [7, 11) is 0. The molecule has 0 saturated heterocycles. The second-order valence-corrected chi connectivity index (χ2v) is 14.7. The Balaban J connectivity index is 1.11. The minimum Gasteiger partial charge on any atom is -0.310 e. The molecular formula is C52H35NS. The Morgan fingerprint density at radius 3 is 1.46 bits per heavy atom. The molecule has 9 aromatic carbocycles. The summed E-state index contributed by atoms with van der Waals surface area (Å²) in [6.07, 6.45) is 0. The first kappa shape index (κ1) is 32.0. The molecule has 0 fully saturated rings. The first-order chi connectivity index (χ1) is 26.8. The Labute approximate surface area is 319 Å². The van der Waals surface area contributed by atoms with Gasteiger partial charge in [-0.25, -0.2) is 0 Å². The molecule has 1 nitrogen and oxygen atoms in total. The molecule has 0 amide bonds. The van der Waals surface area contributed by atoms with Gasteiger partial charge in [-0.15, -0.1) is 11.3 Å². The van der Waals surface area contributed by atoms with Gasteiger partial charge in [0, 0.05) is 37.2 Å². The Morgan fingerprint density at radius 1 is 0.278 bits per heavy atom. The van der Waals surface area contributed by atoms with Crippen molar-refractivity contribution < 1.29 is 0 Å². The number of rotatable bonds is 7. The largest absolute Gasteiger partial charge is 0.310 e. The minimum atomic E-state index is 1.10. The lowest BCUT2D eigenvalue weighted by Crippen LogP contribution is -2.10. The van der Waals surface area contributed by atoms with E-state index in [1.54, 1.807) is 0 Å².